The summed E-state index contributed by atoms with van der Waals surface area (Å²) in [5.41, 5.74) is 1.45. The Hall–Kier alpha value is -1.39. The lowest BCUT2D eigenvalue weighted by Gasteiger charge is -2.23. The number of aromatic nitrogens is 2. The van der Waals surface area contributed by atoms with Gasteiger partial charge >= 0.3 is 0 Å². The molecule has 2 N–H and O–H groups in total. The second-order valence-corrected chi connectivity index (χ2v) is 5.95. The molecule has 116 valence electrons. The summed E-state index contributed by atoms with van der Waals surface area (Å²) in [6.07, 6.45) is 2.39. The second kappa shape index (κ2) is 7.05. The molecule has 0 fully saturated rings. The Kier molecular flexibility index (Phi) is 5.37. The molecule has 0 bridgehead atoms. The third-order valence-electron chi connectivity index (χ3n) is 3.81. The van der Waals surface area contributed by atoms with Crippen LogP contribution in [0, 0.1) is 0 Å². The SMILES string of the molecule is CCCn1c(CC(C)(O)CCNCC)nc2ccccc21. The number of fused-ring (bicyclic) bond motifs is 1. The summed E-state index contributed by atoms with van der Waals surface area (Å²) in [6, 6.07) is 8.20. The molecule has 0 aliphatic rings. The van der Waals surface area contributed by atoms with Crippen LogP contribution < -0.4 is 5.32 Å². The molecule has 1 aromatic heterocycles. The summed E-state index contributed by atoms with van der Waals surface area (Å²) in [4.78, 5) is 4.73. The highest BCUT2D eigenvalue weighted by molar-refractivity contribution is 5.75. The van der Waals surface area contributed by atoms with Gasteiger partial charge in [-0.1, -0.05) is 26.0 Å². The van der Waals surface area contributed by atoms with Crippen molar-refractivity contribution in [1.29, 1.82) is 0 Å². The monoisotopic (exact) mass is 289 g/mol. The van der Waals surface area contributed by atoms with Crippen molar-refractivity contribution >= 4 is 11.0 Å². The number of nitrogens with one attached hydrogen (secondary N) is 1. The molecule has 0 saturated carbocycles. The minimum atomic E-state index is -0.727. The fourth-order valence-electron chi connectivity index (χ4n) is 2.70. The van der Waals surface area contributed by atoms with Crippen LogP contribution in [0.25, 0.3) is 11.0 Å². The van der Waals surface area contributed by atoms with Gasteiger partial charge in [-0.05, 0) is 45.0 Å². The van der Waals surface area contributed by atoms with Gasteiger partial charge in [0.15, 0.2) is 0 Å². The van der Waals surface area contributed by atoms with E-state index in [1.807, 2.05) is 25.1 Å². The predicted octanol–water partition coefficient (Wildman–Crippen LogP) is 2.74. The van der Waals surface area contributed by atoms with Crippen LogP contribution in [0.1, 0.15) is 39.4 Å². The van der Waals surface area contributed by atoms with Crippen molar-refractivity contribution in [2.75, 3.05) is 13.1 Å². The summed E-state index contributed by atoms with van der Waals surface area (Å²) in [5, 5.41) is 13.9. The molecule has 2 rings (SSSR count). The summed E-state index contributed by atoms with van der Waals surface area (Å²) >= 11 is 0. The molecular formula is C17H27N3O. The molecule has 1 heterocycles. The first-order valence-electron chi connectivity index (χ1n) is 7.94. The Morgan fingerprint density at radius 1 is 1.29 bits per heavy atom. The van der Waals surface area contributed by atoms with Gasteiger partial charge in [0.05, 0.1) is 16.6 Å². The van der Waals surface area contributed by atoms with Gasteiger partial charge in [-0.2, -0.15) is 0 Å². The smallest absolute Gasteiger partial charge is 0.112 e. The van der Waals surface area contributed by atoms with Crippen molar-refractivity contribution < 1.29 is 5.11 Å². The van der Waals surface area contributed by atoms with Crippen molar-refractivity contribution in [3.05, 3.63) is 30.1 Å². The number of nitrogens with zero attached hydrogens (tertiary/aromatic N) is 2. The van der Waals surface area contributed by atoms with E-state index in [1.54, 1.807) is 0 Å². The summed E-state index contributed by atoms with van der Waals surface area (Å²) in [7, 11) is 0. The van der Waals surface area contributed by atoms with Crippen LogP contribution in [0.2, 0.25) is 0 Å². The van der Waals surface area contributed by atoms with Crippen molar-refractivity contribution in [3.63, 3.8) is 0 Å². The Bertz CT molecular complexity index is 574. The largest absolute Gasteiger partial charge is 0.390 e. The third-order valence-corrected chi connectivity index (χ3v) is 3.81. The predicted molar refractivity (Wildman–Crippen MR) is 87.5 cm³/mol. The van der Waals surface area contributed by atoms with E-state index in [1.165, 1.54) is 0 Å². The average Bonchev–Trinajstić information content (AvgIpc) is 2.77. The van der Waals surface area contributed by atoms with E-state index in [4.69, 9.17) is 4.98 Å². The molecule has 4 heteroatoms. The number of benzene rings is 1. The first-order chi connectivity index (χ1) is 10.1. The van der Waals surface area contributed by atoms with Gasteiger partial charge < -0.3 is 15.0 Å². The van der Waals surface area contributed by atoms with Gasteiger partial charge in [0.2, 0.25) is 0 Å². The lowest BCUT2D eigenvalue weighted by Crippen LogP contribution is -2.33. The number of aryl methyl sites for hydroxylation is 1. The number of hydrogen-bond donors (Lipinski definition) is 2. The van der Waals surface area contributed by atoms with E-state index in [2.05, 4.69) is 29.8 Å². The van der Waals surface area contributed by atoms with Gasteiger partial charge in [-0.15, -0.1) is 0 Å². The van der Waals surface area contributed by atoms with Crippen LogP contribution in [0.3, 0.4) is 0 Å². The molecule has 0 spiro atoms. The van der Waals surface area contributed by atoms with Gasteiger partial charge in [0.1, 0.15) is 5.82 Å². The molecule has 2 aromatic rings. The highest BCUT2D eigenvalue weighted by atomic mass is 16.3. The van der Waals surface area contributed by atoms with Gasteiger partial charge in [0, 0.05) is 13.0 Å². The highest BCUT2D eigenvalue weighted by Gasteiger charge is 2.24. The molecule has 1 atom stereocenters. The fraction of sp³-hybridized carbons (Fsp3) is 0.588. The maximum absolute atomic E-state index is 10.6. The van der Waals surface area contributed by atoms with E-state index in [0.717, 1.165) is 49.3 Å². The van der Waals surface area contributed by atoms with Crippen molar-refractivity contribution in [1.82, 2.24) is 14.9 Å². The van der Waals surface area contributed by atoms with Crippen molar-refractivity contribution in [2.45, 2.75) is 52.2 Å². The lowest BCUT2D eigenvalue weighted by molar-refractivity contribution is 0.0489. The number of rotatable bonds is 8. The van der Waals surface area contributed by atoms with Crippen LogP contribution in [0.4, 0.5) is 0 Å². The number of imidazole rings is 1. The molecule has 0 aliphatic heterocycles. The zero-order valence-electron chi connectivity index (χ0n) is 13.4. The fourth-order valence-corrected chi connectivity index (χ4v) is 2.70. The molecule has 0 aliphatic carbocycles. The van der Waals surface area contributed by atoms with Gasteiger partial charge in [0.25, 0.3) is 0 Å². The quantitative estimate of drug-likeness (QED) is 0.735. The lowest BCUT2D eigenvalue weighted by atomic mass is 9.97. The normalized spacial score (nSPS) is 14.5. The van der Waals surface area contributed by atoms with Crippen LogP contribution in [-0.4, -0.2) is 33.3 Å². The first-order valence-corrected chi connectivity index (χ1v) is 7.94. The van der Waals surface area contributed by atoms with Crippen LogP contribution >= 0.6 is 0 Å². The summed E-state index contributed by atoms with van der Waals surface area (Å²) < 4.78 is 2.25. The van der Waals surface area contributed by atoms with Gasteiger partial charge in [-0.3, -0.25) is 0 Å². The molecule has 0 saturated heterocycles. The molecule has 1 aromatic carbocycles. The maximum Gasteiger partial charge on any atom is 0.112 e. The standard InChI is InChI=1S/C17H27N3O/c1-4-12-20-15-9-7-6-8-14(15)19-16(20)13-17(3,21)10-11-18-5-2/h6-9,18,21H,4-5,10-13H2,1-3H3. The number of para-hydroxylation sites is 2. The minimum Gasteiger partial charge on any atom is -0.390 e. The van der Waals surface area contributed by atoms with Crippen LogP contribution in [-0.2, 0) is 13.0 Å². The van der Waals surface area contributed by atoms with E-state index < -0.39 is 5.60 Å². The average molecular weight is 289 g/mol. The summed E-state index contributed by atoms with van der Waals surface area (Å²) in [5.74, 6) is 0.986. The topological polar surface area (TPSA) is 50.1 Å². The third kappa shape index (κ3) is 4.05. The Morgan fingerprint density at radius 2 is 2.05 bits per heavy atom. The highest BCUT2D eigenvalue weighted by Crippen LogP contribution is 2.22. The van der Waals surface area contributed by atoms with Crippen LogP contribution in [0.5, 0.6) is 0 Å². The second-order valence-electron chi connectivity index (χ2n) is 5.95. The van der Waals surface area contributed by atoms with Crippen molar-refractivity contribution in [3.8, 4) is 0 Å². The molecule has 4 nitrogen and oxygen atoms in total. The maximum atomic E-state index is 10.6. The zero-order valence-corrected chi connectivity index (χ0v) is 13.4. The number of aliphatic hydroxyl groups is 1. The summed E-state index contributed by atoms with van der Waals surface area (Å²) in [6.45, 7) is 8.86. The van der Waals surface area contributed by atoms with E-state index in [9.17, 15) is 5.11 Å². The molecule has 21 heavy (non-hydrogen) atoms. The van der Waals surface area contributed by atoms with E-state index in [-0.39, 0.29) is 0 Å². The Balaban J connectivity index is 2.22. The van der Waals surface area contributed by atoms with E-state index >= 15 is 0 Å². The first kappa shape index (κ1) is 16.0. The molecule has 0 radical (unpaired) electrons. The van der Waals surface area contributed by atoms with Gasteiger partial charge in [-0.25, -0.2) is 4.98 Å². The zero-order chi connectivity index (χ0) is 15.3. The Labute approximate surface area is 127 Å². The molecule has 0 amide bonds. The van der Waals surface area contributed by atoms with Crippen molar-refractivity contribution in [2.24, 2.45) is 0 Å². The molecular weight excluding hydrogens is 262 g/mol. The Morgan fingerprint density at radius 3 is 2.76 bits per heavy atom. The molecule has 1 unspecified atom stereocenters. The van der Waals surface area contributed by atoms with E-state index in [0.29, 0.717) is 6.42 Å². The number of hydrogen-bond acceptors (Lipinski definition) is 3. The minimum absolute atomic E-state index is 0.590. The van der Waals surface area contributed by atoms with Crippen LogP contribution in [0.15, 0.2) is 24.3 Å².